The molecule has 80 valence electrons. The van der Waals surface area contributed by atoms with Crippen molar-refractivity contribution < 1.29 is 5.11 Å². The van der Waals surface area contributed by atoms with Crippen molar-refractivity contribution >= 4 is 38.3 Å². The molecule has 0 unspecified atom stereocenters. The number of fused-ring (bicyclic) bond motifs is 1. The first-order valence-corrected chi connectivity index (χ1v) is 6.28. The Morgan fingerprint density at radius 3 is 2.81 bits per heavy atom. The van der Waals surface area contributed by atoms with Crippen LogP contribution < -0.4 is 0 Å². The van der Waals surface area contributed by atoms with E-state index in [2.05, 4.69) is 25.9 Å². The van der Waals surface area contributed by atoms with Gasteiger partial charge in [0.15, 0.2) is 0 Å². The summed E-state index contributed by atoms with van der Waals surface area (Å²) in [5.41, 5.74) is 1.46. The number of nitrogens with one attached hydrogen (secondary N) is 1. The van der Waals surface area contributed by atoms with Gasteiger partial charge in [-0.3, -0.25) is 0 Å². The van der Waals surface area contributed by atoms with Crippen molar-refractivity contribution in [2.45, 2.75) is 0 Å². The monoisotopic (exact) mass is 294 g/mol. The highest BCUT2D eigenvalue weighted by atomic mass is 79.9. The maximum atomic E-state index is 9.65. The molecule has 0 aliphatic carbocycles. The summed E-state index contributed by atoms with van der Waals surface area (Å²) in [7, 11) is 0. The highest BCUT2D eigenvalue weighted by molar-refractivity contribution is 9.11. The Labute approximate surface area is 104 Å². The van der Waals surface area contributed by atoms with Crippen LogP contribution in [0.2, 0.25) is 0 Å². The smallest absolute Gasteiger partial charge is 0.148 e. The minimum absolute atomic E-state index is 0.204. The van der Waals surface area contributed by atoms with E-state index in [1.807, 2.05) is 18.2 Å². The molecule has 3 aromatic rings. The number of nitrogens with zero attached hydrogens (tertiary/aromatic N) is 1. The van der Waals surface area contributed by atoms with Crippen molar-refractivity contribution in [3.8, 4) is 16.5 Å². The van der Waals surface area contributed by atoms with E-state index in [4.69, 9.17) is 0 Å². The first-order valence-electron chi connectivity index (χ1n) is 4.67. The normalized spacial score (nSPS) is 11.1. The van der Waals surface area contributed by atoms with Gasteiger partial charge in [0.25, 0.3) is 0 Å². The molecule has 0 amide bonds. The topological polar surface area (TPSA) is 48.9 Å². The van der Waals surface area contributed by atoms with E-state index >= 15 is 0 Å². The number of para-hydroxylation sites is 1. The number of phenolic OH excluding ortho intramolecular Hbond substituents is 1. The van der Waals surface area contributed by atoms with Crippen LogP contribution in [0.4, 0.5) is 0 Å². The number of aromatic hydroxyl groups is 1. The summed E-state index contributed by atoms with van der Waals surface area (Å²) in [5.74, 6) is 0.989. The molecule has 0 aliphatic rings. The summed E-state index contributed by atoms with van der Waals surface area (Å²) in [6.45, 7) is 0. The molecule has 2 heterocycles. The molecule has 0 saturated heterocycles. The molecule has 0 saturated carbocycles. The number of benzene rings is 1. The molecular formula is C11H7BrN2OS. The predicted molar refractivity (Wildman–Crippen MR) is 68.8 cm³/mol. The van der Waals surface area contributed by atoms with Crippen molar-refractivity contribution in [2.24, 2.45) is 0 Å². The van der Waals surface area contributed by atoms with Gasteiger partial charge in [-0.1, -0.05) is 6.07 Å². The molecule has 5 heteroatoms. The highest BCUT2D eigenvalue weighted by Crippen LogP contribution is 2.32. The van der Waals surface area contributed by atoms with Gasteiger partial charge in [-0.05, 0) is 40.2 Å². The van der Waals surface area contributed by atoms with E-state index < -0.39 is 0 Å². The Bertz CT molecular complexity index is 659. The number of H-pyrrole nitrogens is 1. The Balaban J connectivity index is 2.22. The second-order valence-corrected chi connectivity index (χ2v) is 5.83. The molecular weight excluding hydrogens is 288 g/mol. The Morgan fingerprint density at radius 2 is 2.12 bits per heavy atom. The fraction of sp³-hybridized carbons (Fsp3) is 0. The number of thiophene rings is 1. The average molecular weight is 295 g/mol. The lowest BCUT2D eigenvalue weighted by Crippen LogP contribution is -1.72. The molecule has 2 aromatic heterocycles. The first kappa shape index (κ1) is 9.86. The van der Waals surface area contributed by atoms with E-state index in [0.717, 1.165) is 20.0 Å². The molecule has 16 heavy (non-hydrogen) atoms. The van der Waals surface area contributed by atoms with Gasteiger partial charge in [0.1, 0.15) is 17.1 Å². The van der Waals surface area contributed by atoms with Crippen LogP contribution in [0.15, 0.2) is 34.1 Å². The minimum atomic E-state index is 0.204. The van der Waals surface area contributed by atoms with Gasteiger partial charge in [0, 0.05) is 0 Å². The van der Waals surface area contributed by atoms with Gasteiger partial charge in [-0.25, -0.2) is 4.98 Å². The molecule has 0 bridgehead atoms. The molecule has 0 radical (unpaired) electrons. The van der Waals surface area contributed by atoms with E-state index in [-0.39, 0.29) is 5.75 Å². The number of imidazole rings is 1. The van der Waals surface area contributed by atoms with Crippen LogP contribution in [-0.2, 0) is 0 Å². The average Bonchev–Trinajstić information content (AvgIpc) is 2.84. The van der Waals surface area contributed by atoms with Gasteiger partial charge in [-0.15, -0.1) is 11.3 Å². The molecule has 0 aliphatic heterocycles. The molecule has 3 nitrogen and oxygen atoms in total. The lowest BCUT2D eigenvalue weighted by Gasteiger charge is -1.89. The fourth-order valence-electron chi connectivity index (χ4n) is 1.58. The number of rotatable bonds is 1. The lowest BCUT2D eigenvalue weighted by atomic mass is 10.3. The van der Waals surface area contributed by atoms with Crippen molar-refractivity contribution in [3.63, 3.8) is 0 Å². The number of aromatic amines is 1. The number of halogens is 1. The summed E-state index contributed by atoms with van der Waals surface area (Å²) >= 11 is 5.02. The quantitative estimate of drug-likeness (QED) is 0.718. The van der Waals surface area contributed by atoms with Gasteiger partial charge in [0.05, 0.1) is 14.2 Å². The van der Waals surface area contributed by atoms with Crippen LogP contribution in [0.25, 0.3) is 21.7 Å². The first-order chi connectivity index (χ1) is 7.74. The summed E-state index contributed by atoms with van der Waals surface area (Å²) in [5, 5.41) is 9.65. The van der Waals surface area contributed by atoms with E-state index in [9.17, 15) is 5.11 Å². The highest BCUT2D eigenvalue weighted by Gasteiger charge is 2.09. The number of aromatic nitrogens is 2. The molecule has 0 fully saturated rings. The third-order valence-electron chi connectivity index (χ3n) is 2.30. The summed E-state index contributed by atoms with van der Waals surface area (Å²) in [4.78, 5) is 8.61. The van der Waals surface area contributed by atoms with Crippen LogP contribution in [0.1, 0.15) is 0 Å². The van der Waals surface area contributed by atoms with Crippen LogP contribution >= 0.6 is 27.3 Å². The maximum Gasteiger partial charge on any atom is 0.148 e. The third kappa shape index (κ3) is 1.52. The molecule has 1 aromatic carbocycles. The second kappa shape index (κ2) is 3.61. The Kier molecular flexibility index (Phi) is 2.22. The second-order valence-electron chi connectivity index (χ2n) is 3.36. The zero-order chi connectivity index (χ0) is 11.1. The van der Waals surface area contributed by atoms with Crippen LogP contribution in [0, 0.1) is 0 Å². The van der Waals surface area contributed by atoms with Crippen LogP contribution in [-0.4, -0.2) is 15.1 Å². The lowest BCUT2D eigenvalue weighted by molar-refractivity contribution is 0.480. The zero-order valence-corrected chi connectivity index (χ0v) is 10.5. The summed E-state index contributed by atoms with van der Waals surface area (Å²) in [6, 6.07) is 9.30. The number of hydrogen-bond acceptors (Lipinski definition) is 3. The van der Waals surface area contributed by atoms with Crippen LogP contribution in [0.5, 0.6) is 5.75 Å². The summed E-state index contributed by atoms with van der Waals surface area (Å²) in [6.07, 6.45) is 0. The minimum Gasteiger partial charge on any atom is -0.506 e. The van der Waals surface area contributed by atoms with Gasteiger partial charge in [-0.2, -0.15) is 0 Å². The molecule has 2 N–H and O–H groups in total. The summed E-state index contributed by atoms with van der Waals surface area (Å²) < 4.78 is 1.06. The van der Waals surface area contributed by atoms with Crippen LogP contribution in [0.3, 0.4) is 0 Å². The standard InChI is InChI=1S/C11H7BrN2OS/c12-9-5-4-8(16-9)11-13-6-2-1-3-7(15)10(6)14-11/h1-5,15H,(H,13,14). The SMILES string of the molecule is Oc1cccc2[nH]c(-c3ccc(Br)s3)nc12. The molecule has 3 rings (SSSR count). The fourth-order valence-corrected chi connectivity index (χ4v) is 2.91. The van der Waals surface area contributed by atoms with Gasteiger partial charge in [0.2, 0.25) is 0 Å². The number of phenols is 1. The van der Waals surface area contributed by atoms with E-state index in [0.29, 0.717) is 5.52 Å². The predicted octanol–water partition coefficient (Wildman–Crippen LogP) is 3.76. The Hall–Kier alpha value is -1.33. The largest absolute Gasteiger partial charge is 0.506 e. The van der Waals surface area contributed by atoms with Crippen molar-refractivity contribution in [1.29, 1.82) is 0 Å². The molecule has 0 atom stereocenters. The van der Waals surface area contributed by atoms with Gasteiger partial charge >= 0.3 is 0 Å². The third-order valence-corrected chi connectivity index (χ3v) is 3.93. The molecule has 0 spiro atoms. The van der Waals surface area contributed by atoms with Crippen molar-refractivity contribution in [1.82, 2.24) is 9.97 Å². The maximum absolute atomic E-state index is 9.65. The van der Waals surface area contributed by atoms with Crippen molar-refractivity contribution in [3.05, 3.63) is 34.1 Å². The van der Waals surface area contributed by atoms with Crippen molar-refractivity contribution in [2.75, 3.05) is 0 Å². The van der Waals surface area contributed by atoms with E-state index in [1.54, 1.807) is 23.5 Å². The van der Waals surface area contributed by atoms with E-state index in [1.165, 1.54) is 0 Å². The zero-order valence-electron chi connectivity index (χ0n) is 8.07. The Morgan fingerprint density at radius 1 is 1.25 bits per heavy atom. The number of hydrogen-bond donors (Lipinski definition) is 2. The van der Waals surface area contributed by atoms with Gasteiger partial charge < -0.3 is 10.1 Å².